The molecule has 7 heteroatoms. The van der Waals surface area contributed by atoms with Gasteiger partial charge in [0, 0.05) is 6.20 Å². The summed E-state index contributed by atoms with van der Waals surface area (Å²) in [5.41, 5.74) is -0.0969. The maximum atomic E-state index is 13.3. The van der Waals surface area contributed by atoms with Crippen LogP contribution in [0.4, 0.5) is 10.2 Å². The van der Waals surface area contributed by atoms with Crippen LogP contribution in [0.25, 0.3) is 0 Å². The van der Waals surface area contributed by atoms with Crippen molar-refractivity contribution >= 4 is 33.6 Å². The van der Waals surface area contributed by atoms with Gasteiger partial charge in [-0.15, -0.1) is 0 Å². The number of halogens is 2. The Hall–Kier alpha value is -2.28. The molecule has 2 rings (SSSR count). The second-order valence-electron chi connectivity index (χ2n) is 3.76. The summed E-state index contributed by atoms with van der Waals surface area (Å²) in [7, 11) is 0. The number of rotatable bonds is 3. The van der Waals surface area contributed by atoms with Crippen LogP contribution >= 0.6 is 15.9 Å². The van der Waals surface area contributed by atoms with Gasteiger partial charge in [0.2, 0.25) is 0 Å². The van der Waals surface area contributed by atoms with Gasteiger partial charge in [-0.1, -0.05) is 6.07 Å². The molecule has 0 unspecified atom stereocenters. The molecule has 0 radical (unpaired) electrons. The summed E-state index contributed by atoms with van der Waals surface area (Å²) in [6.45, 7) is 0. The number of carboxylic acids is 1. The first-order valence-corrected chi connectivity index (χ1v) is 6.23. The van der Waals surface area contributed by atoms with Crippen molar-refractivity contribution in [1.82, 2.24) is 4.98 Å². The molecule has 0 atom stereocenters. The second kappa shape index (κ2) is 5.79. The van der Waals surface area contributed by atoms with Gasteiger partial charge in [-0.05, 0) is 40.2 Å². The molecule has 0 bridgehead atoms. The van der Waals surface area contributed by atoms with Crippen molar-refractivity contribution in [3.8, 4) is 0 Å². The minimum Gasteiger partial charge on any atom is -0.478 e. The second-order valence-corrected chi connectivity index (χ2v) is 4.55. The van der Waals surface area contributed by atoms with Crippen LogP contribution in [0.3, 0.4) is 0 Å². The molecule has 0 aliphatic carbocycles. The van der Waals surface area contributed by atoms with Gasteiger partial charge < -0.3 is 10.4 Å². The first-order chi connectivity index (χ1) is 9.50. The molecule has 5 nitrogen and oxygen atoms in total. The molecule has 0 spiro atoms. The van der Waals surface area contributed by atoms with E-state index in [1.165, 1.54) is 36.5 Å². The van der Waals surface area contributed by atoms with Crippen LogP contribution in [0.15, 0.2) is 41.0 Å². The number of carbonyl (C=O) groups is 2. The Labute approximate surface area is 121 Å². The van der Waals surface area contributed by atoms with E-state index in [9.17, 15) is 14.0 Å². The highest BCUT2D eigenvalue weighted by atomic mass is 79.9. The third-order valence-electron chi connectivity index (χ3n) is 2.47. The number of carbonyl (C=O) groups excluding carboxylic acids is 1. The molecule has 20 heavy (non-hydrogen) atoms. The minimum atomic E-state index is -1.22. The van der Waals surface area contributed by atoms with E-state index < -0.39 is 17.7 Å². The van der Waals surface area contributed by atoms with Gasteiger partial charge in [0.25, 0.3) is 5.91 Å². The van der Waals surface area contributed by atoms with Crippen LogP contribution in [0.5, 0.6) is 0 Å². The predicted octanol–water partition coefficient (Wildman–Crippen LogP) is 2.93. The smallest absolute Gasteiger partial charge is 0.339 e. The van der Waals surface area contributed by atoms with Crippen molar-refractivity contribution < 1.29 is 19.1 Å². The van der Waals surface area contributed by atoms with Crippen molar-refractivity contribution in [1.29, 1.82) is 0 Å². The number of aromatic carboxylic acids is 1. The molecule has 2 N–H and O–H groups in total. The lowest BCUT2D eigenvalue weighted by molar-refractivity contribution is 0.0697. The van der Waals surface area contributed by atoms with E-state index in [1.807, 2.05) is 0 Å². The summed E-state index contributed by atoms with van der Waals surface area (Å²) in [6.07, 6.45) is 1.35. The highest BCUT2D eigenvalue weighted by Gasteiger charge is 2.17. The number of nitrogens with zero attached hydrogens (tertiary/aromatic N) is 1. The minimum absolute atomic E-state index is 0.00491. The van der Waals surface area contributed by atoms with Crippen molar-refractivity contribution in [2.75, 3.05) is 5.32 Å². The van der Waals surface area contributed by atoms with Gasteiger partial charge in [-0.25, -0.2) is 14.2 Å². The Morgan fingerprint density at radius 2 is 1.90 bits per heavy atom. The summed E-state index contributed by atoms with van der Waals surface area (Å²) in [4.78, 5) is 26.8. The van der Waals surface area contributed by atoms with Crippen molar-refractivity contribution in [3.05, 3.63) is 57.9 Å². The van der Waals surface area contributed by atoms with E-state index in [1.54, 1.807) is 0 Å². The maximum absolute atomic E-state index is 13.3. The molecule has 1 aromatic heterocycles. The first kappa shape index (κ1) is 14.1. The molecule has 1 heterocycles. The molecule has 0 saturated heterocycles. The number of nitrogens with one attached hydrogen (secondary N) is 1. The fourth-order valence-corrected chi connectivity index (χ4v) is 1.98. The average molecular weight is 339 g/mol. The van der Waals surface area contributed by atoms with Gasteiger partial charge in [0.1, 0.15) is 17.2 Å². The Kier molecular flexibility index (Phi) is 4.09. The van der Waals surface area contributed by atoms with Gasteiger partial charge in [0.15, 0.2) is 0 Å². The molecule has 102 valence electrons. The van der Waals surface area contributed by atoms with Crippen LogP contribution < -0.4 is 5.32 Å². The number of benzene rings is 1. The molecule has 1 amide bonds. The van der Waals surface area contributed by atoms with Gasteiger partial charge in [0.05, 0.1) is 10.0 Å². The van der Waals surface area contributed by atoms with E-state index in [0.29, 0.717) is 0 Å². The number of amides is 1. The third kappa shape index (κ3) is 2.83. The van der Waals surface area contributed by atoms with Crippen LogP contribution in [-0.2, 0) is 0 Å². The zero-order valence-electron chi connectivity index (χ0n) is 9.93. The maximum Gasteiger partial charge on any atom is 0.339 e. The SMILES string of the molecule is O=C(O)c1cccnc1NC(=O)c1cccc(F)c1Br. The fraction of sp³-hybridized carbons (Fsp3) is 0. The molecular weight excluding hydrogens is 331 g/mol. The Morgan fingerprint density at radius 3 is 2.60 bits per heavy atom. The summed E-state index contributed by atoms with van der Waals surface area (Å²) < 4.78 is 13.4. The lowest BCUT2D eigenvalue weighted by Crippen LogP contribution is -2.16. The highest BCUT2D eigenvalue weighted by Crippen LogP contribution is 2.22. The number of pyridine rings is 1. The summed E-state index contributed by atoms with van der Waals surface area (Å²) in [5.74, 6) is -2.55. The van der Waals surface area contributed by atoms with Gasteiger partial charge >= 0.3 is 5.97 Å². The van der Waals surface area contributed by atoms with Crippen molar-refractivity contribution in [3.63, 3.8) is 0 Å². The molecule has 1 aromatic carbocycles. The number of aromatic nitrogens is 1. The molecular formula is C13H8BrFN2O3. The number of hydrogen-bond donors (Lipinski definition) is 2. The van der Waals surface area contributed by atoms with Gasteiger partial charge in [-0.2, -0.15) is 0 Å². The molecule has 0 aliphatic rings. The van der Waals surface area contributed by atoms with E-state index in [4.69, 9.17) is 5.11 Å². The Bertz CT molecular complexity index is 691. The monoisotopic (exact) mass is 338 g/mol. The quantitative estimate of drug-likeness (QED) is 0.901. The fourth-order valence-electron chi connectivity index (χ4n) is 1.53. The molecule has 2 aromatic rings. The Morgan fingerprint density at radius 1 is 1.20 bits per heavy atom. The summed E-state index contributed by atoms with van der Waals surface area (Å²) in [6, 6.07) is 6.74. The Balaban J connectivity index is 2.33. The molecule has 0 aliphatic heterocycles. The third-order valence-corrected chi connectivity index (χ3v) is 3.27. The lowest BCUT2D eigenvalue weighted by Gasteiger charge is -2.08. The number of anilines is 1. The van der Waals surface area contributed by atoms with Crippen LogP contribution in [-0.4, -0.2) is 22.0 Å². The van der Waals surface area contributed by atoms with Crippen LogP contribution in [0.2, 0.25) is 0 Å². The zero-order valence-corrected chi connectivity index (χ0v) is 11.5. The lowest BCUT2D eigenvalue weighted by atomic mass is 10.2. The highest BCUT2D eigenvalue weighted by molar-refractivity contribution is 9.10. The first-order valence-electron chi connectivity index (χ1n) is 5.44. The van der Waals surface area contributed by atoms with Gasteiger partial charge in [-0.3, -0.25) is 4.79 Å². The summed E-state index contributed by atoms with van der Waals surface area (Å²) >= 11 is 2.97. The number of carboxylic acid groups (broad SMARTS) is 1. The predicted molar refractivity (Wildman–Crippen MR) is 73.2 cm³/mol. The van der Waals surface area contributed by atoms with Crippen LogP contribution in [0, 0.1) is 5.82 Å². The molecule has 0 saturated carbocycles. The normalized spacial score (nSPS) is 10.1. The topological polar surface area (TPSA) is 79.3 Å². The standard InChI is InChI=1S/C13H8BrFN2O3/c14-10-7(3-1-5-9(10)15)12(18)17-11-8(13(19)20)4-2-6-16-11/h1-6H,(H,19,20)(H,16,17,18). The molecule has 0 fully saturated rings. The average Bonchev–Trinajstić information content (AvgIpc) is 2.42. The number of hydrogen-bond acceptors (Lipinski definition) is 3. The largest absolute Gasteiger partial charge is 0.478 e. The zero-order chi connectivity index (χ0) is 14.7. The van der Waals surface area contributed by atoms with Crippen molar-refractivity contribution in [2.24, 2.45) is 0 Å². The van der Waals surface area contributed by atoms with Crippen LogP contribution in [0.1, 0.15) is 20.7 Å². The van der Waals surface area contributed by atoms with E-state index >= 15 is 0 Å². The summed E-state index contributed by atoms with van der Waals surface area (Å²) in [5, 5.41) is 11.3. The van der Waals surface area contributed by atoms with E-state index in [0.717, 1.165) is 0 Å². The van der Waals surface area contributed by atoms with Crippen molar-refractivity contribution in [2.45, 2.75) is 0 Å². The van der Waals surface area contributed by atoms with E-state index in [-0.39, 0.29) is 21.4 Å². The van der Waals surface area contributed by atoms with E-state index in [2.05, 4.69) is 26.2 Å².